The maximum Gasteiger partial charge on any atom is 0.317 e. The van der Waals surface area contributed by atoms with E-state index in [4.69, 9.17) is 5.11 Å². The van der Waals surface area contributed by atoms with Crippen molar-refractivity contribution in [3.05, 3.63) is 29.8 Å². The fourth-order valence-electron chi connectivity index (χ4n) is 3.42. The highest BCUT2D eigenvalue weighted by atomic mass is 35.5. The lowest BCUT2D eigenvalue weighted by atomic mass is 10.1. The third kappa shape index (κ3) is 6.94. The van der Waals surface area contributed by atoms with Crippen molar-refractivity contribution in [1.29, 1.82) is 0 Å². The molecule has 0 aromatic heterocycles. The molecule has 1 saturated heterocycles. The number of anilines is 1. The first-order chi connectivity index (χ1) is 12.0. The first-order valence-corrected chi connectivity index (χ1v) is 9.01. The van der Waals surface area contributed by atoms with Crippen LogP contribution >= 0.6 is 12.4 Å². The van der Waals surface area contributed by atoms with Crippen LogP contribution in [0.4, 0.5) is 5.69 Å². The molecule has 1 atom stereocenters. The molecule has 1 aromatic rings. The molecule has 2 N–H and O–H groups in total. The van der Waals surface area contributed by atoms with E-state index in [-0.39, 0.29) is 30.9 Å². The van der Waals surface area contributed by atoms with Crippen LogP contribution in [0.2, 0.25) is 0 Å². The number of rotatable bonds is 7. The van der Waals surface area contributed by atoms with Crippen molar-refractivity contribution in [2.75, 3.05) is 38.5 Å². The normalized spacial score (nSPS) is 18.0. The largest absolute Gasteiger partial charge is 0.480 e. The van der Waals surface area contributed by atoms with Crippen molar-refractivity contribution in [2.24, 2.45) is 0 Å². The summed E-state index contributed by atoms with van der Waals surface area (Å²) in [5.74, 6) is -0.782. The molecule has 2 rings (SSSR count). The lowest BCUT2D eigenvalue weighted by Crippen LogP contribution is -2.37. The van der Waals surface area contributed by atoms with Gasteiger partial charge in [-0.1, -0.05) is 25.1 Å². The highest BCUT2D eigenvalue weighted by Crippen LogP contribution is 2.17. The maximum absolute atomic E-state index is 12.4. The zero-order chi connectivity index (χ0) is 18.2. The zero-order valence-corrected chi connectivity index (χ0v) is 16.4. The predicted molar refractivity (Wildman–Crippen MR) is 106 cm³/mol. The monoisotopic (exact) mass is 383 g/mol. The molecule has 1 aliphatic heterocycles. The topological polar surface area (TPSA) is 72.9 Å². The van der Waals surface area contributed by atoms with Crippen LogP contribution in [-0.4, -0.2) is 66.1 Å². The van der Waals surface area contributed by atoms with E-state index in [1.54, 1.807) is 0 Å². The molecule has 1 heterocycles. The predicted octanol–water partition coefficient (Wildman–Crippen LogP) is 2.48. The number of nitrogens with zero attached hydrogens (tertiary/aromatic N) is 2. The van der Waals surface area contributed by atoms with E-state index in [0.717, 1.165) is 50.0 Å². The molecule has 146 valence electrons. The van der Waals surface area contributed by atoms with Crippen LogP contribution in [0.15, 0.2) is 24.3 Å². The van der Waals surface area contributed by atoms with Gasteiger partial charge in [0.15, 0.2) is 0 Å². The second-order valence-corrected chi connectivity index (χ2v) is 6.73. The third-order valence-corrected chi connectivity index (χ3v) is 4.84. The second-order valence-electron chi connectivity index (χ2n) is 6.73. The average molecular weight is 384 g/mol. The van der Waals surface area contributed by atoms with Crippen molar-refractivity contribution in [3.8, 4) is 0 Å². The lowest BCUT2D eigenvalue weighted by Gasteiger charge is -2.25. The standard InChI is InChI=1S/C19H29N3O3.ClH/c1-3-15-7-4-5-9-17(15)20-18(23)13-22-11-6-8-16(10-12-22)21(2)14-19(24)25;/h4-5,7,9,16H,3,6,8,10-14H2,1-2H3,(H,20,23)(H,24,25);1H. The maximum atomic E-state index is 12.4. The minimum absolute atomic E-state index is 0. The fraction of sp³-hybridized carbons (Fsp3) is 0.579. The van der Waals surface area contributed by atoms with Crippen LogP contribution in [0.5, 0.6) is 0 Å². The number of likely N-dealkylation sites (N-methyl/N-ethyl adjacent to an activating group) is 1. The Morgan fingerprint density at radius 2 is 2.00 bits per heavy atom. The molecule has 6 nitrogen and oxygen atoms in total. The van der Waals surface area contributed by atoms with Gasteiger partial charge in [0.05, 0.1) is 13.1 Å². The Bertz CT molecular complexity index is 597. The number of carboxylic acids is 1. The number of carboxylic acid groups (broad SMARTS) is 1. The summed E-state index contributed by atoms with van der Waals surface area (Å²) in [6, 6.07) is 8.16. The smallest absolute Gasteiger partial charge is 0.317 e. The molecule has 0 aliphatic carbocycles. The number of nitrogens with one attached hydrogen (secondary N) is 1. The number of carbonyl (C=O) groups excluding carboxylic acids is 1. The number of para-hydroxylation sites is 1. The molecule has 7 heteroatoms. The summed E-state index contributed by atoms with van der Waals surface area (Å²) in [5.41, 5.74) is 2.03. The van der Waals surface area contributed by atoms with E-state index in [0.29, 0.717) is 6.54 Å². The summed E-state index contributed by atoms with van der Waals surface area (Å²) in [5, 5.41) is 12.0. The van der Waals surface area contributed by atoms with Crippen molar-refractivity contribution in [3.63, 3.8) is 0 Å². The Morgan fingerprint density at radius 3 is 2.69 bits per heavy atom. The van der Waals surface area contributed by atoms with Gasteiger partial charge in [0, 0.05) is 18.3 Å². The molecule has 1 amide bonds. The van der Waals surface area contributed by atoms with Gasteiger partial charge in [-0.25, -0.2) is 0 Å². The summed E-state index contributed by atoms with van der Waals surface area (Å²) in [6.45, 7) is 4.22. The van der Waals surface area contributed by atoms with Gasteiger partial charge in [-0.15, -0.1) is 12.4 Å². The highest BCUT2D eigenvalue weighted by molar-refractivity contribution is 5.93. The Labute approximate surface area is 162 Å². The molecule has 26 heavy (non-hydrogen) atoms. The Kier molecular flexibility index (Phi) is 9.62. The molecule has 1 unspecified atom stereocenters. The lowest BCUT2D eigenvalue weighted by molar-refractivity contribution is -0.138. The van der Waals surface area contributed by atoms with Crippen LogP contribution in [-0.2, 0) is 16.0 Å². The Hall–Kier alpha value is -1.63. The summed E-state index contributed by atoms with van der Waals surface area (Å²) < 4.78 is 0. The van der Waals surface area contributed by atoms with Crippen molar-refractivity contribution in [2.45, 2.75) is 38.6 Å². The number of amides is 1. The first kappa shape index (κ1) is 22.4. The molecule has 0 bridgehead atoms. The SMILES string of the molecule is CCc1ccccc1NC(=O)CN1CCCC(N(C)CC(=O)O)CC1.Cl. The quantitative estimate of drug-likeness (QED) is 0.756. The highest BCUT2D eigenvalue weighted by Gasteiger charge is 2.22. The van der Waals surface area contributed by atoms with E-state index >= 15 is 0 Å². The molecule has 1 aliphatic rings. The minimum Gasteiger partial charge on any atom is -0.480 e. The van der Waals surface area contributed by atoms with Gasteiger partial charge >= 0.3 is 5.97 Å². The molecule has 0 saturated carbocycles. The van der Waals surface area contributed by atoms with Gasteiger partial charge in [0.2, 0.25) is 5.91 Å². The van der Waals surface area contributed by atoms with E-state index < -0.39 is 5.97 Å². The Morgan fingerprint density at radius 1 is 1.27 bits per heavy atom. The Balaban J connectivity index is 0.00000338. The minimum atomic E-state index is -0.794. The average Bonchev–Trinajstić information content (AvgIpc) is 2.80. The molecule has 1 aromatic carbocycles. The van der Waals surface area contributed by atoms with Crippen molar-refractivity contribution >= 4 is 30.0 Å². The van der Waals surface area contributed by atoms with E-state index in [1.807, 2.05) is 36.2 Å². The van der Waals surface area contributed by atoms with Gasteiger partial charge in [-0.3, -0.25) is 19.4 Å². The summed E-state index contributed by atoms with van der Waals surface area (Å²) in [6.07, 6.45) is 3.73. The first-order valence-electron chi connectivity index (χ1n) is 9.01. The van der Waals surface area contributed by atoms with Crippen molar-refractivity contribution in [1.82, 2.24) is 9.80 Å². The number of hydrogen-bond donors (Lipinski definition) is 2. The molecule has 0 spiro atoms. The van der Waals surface area contributed by atoms with E-state index in [9.17, 15) is 9.59 Å². The fourth-order valence-corrected chi connectivity index (χ4v) is 3.42. The number of likely N-dealkylation sites (tertiary alicyclic amines) is 1. The van der Waals surface area contributed by atoms with Crippen LogP contribution in [0.1, 0.15) is 31.7 Å². The number of carbonyl (C=O) groups is 2. The molecular formula is C19H30ClN3O3. The van der Waals surface area contributed by atoms with Gasteiger partial charge in [-0.2, -0.15) is 0 Å². The third-order valence-electron chi connectivity index (χ3n) is 4.84. The summed E-state index contributed by atoms with van der Waals surface area (Å²) in [4.78, 5) is 27.3. The molecule has 0 radical (unpaired) electrons. The van der Waals surface area contributed by atoms with Crippen LogP contribution < -0.4 is 5.32 Å². The summed E-state index contributed by atoms with van der Waals surface area (Å²) in [7, 11) is 1.86. The number of hydrogen-bond acceptors (Lipinski definition) is 4. The van der Waals surface area contributed by atoms with Gasteiger partial charge < -0.3 is 10.4 Å². The number of halogens is 1. The van der Waals surface area contributed by atoms with Crippen LogP contribution in [0.25, 0.3) is 0 Å². The second kappa shape index (κ2) is 11.2. The van der Waals surface area contributed by atoms with Gasteiger partial charge in [-0.05, 0) is 50.9 Å². The van der Waals surface area contributed by atoms with Crippen LogP contribution in [0, 0.1) is 0 Å². The van der Waals surface area contributed by atoms with Crippen LogP contribution in [0.3, 0.4) is 0 Å². The zero-order valence-electron chi connectivity index (χ0n) is 15.6. The van der Waals surface area contributed by atoms with E-state index in [1.165, 1.54) is 0 Å². The van der Waals surface area contributed by atoms with Gasteiger partial charge in [0.25, 0.3) is 0 Å². The molecular weight excluding hydrogens is 354 g/mol. The number of aliphatic carboxylic acids is 1. The number of benzene rings is 1. The number of aryl methyl sites for hydroxylation is 1. The summed E-state index contributed by atoms with van der Waals surface area (Å²) >= 11 is 0. The van der Waals surface area contributed by atoms with Crippen molar-refractivity contribution < 1.29 is 14.7 Å². The van der Waals surface area contributed by atoms with Gasteiger partial charge in [0.1, 0.15) is 0 Å². The molecule has 1 fully saturated rings. The van der Waals surface area contributed by atoms with E-state index in [2.05, 4.69) is 17.1 Å².